The summed E-state index contributed by atoms with van der Waals surface area (Å²) >= 11 is 0. The van der Waals surface area contributed by atoms with Crippen molar-refractivity contribution in [2.75, 3.05) is 12.3 Å². The zero-order valence-corrected chi connectivity index (χ0v) is 8.57. The van der Waals surface area contributed by atoms with Crippen molar-refractivity contribution in [3.8, 4) is 0 Å². The molecule has 0 radical (unpaired) electrons. The molecule has 0 saturated carbocycles. The van der Waals surface area contributed by atoms with E-state index < -0.39 is 5.97 Å². The molecule has 0 atom stereocenters. The first-order valence-corrected chi connectivity index (χ1v) is 4.63. The molecule has 0 aliphatic rings. The number of nitrogens with two attached hydrogens (primary N) is 2. The van der Waals surface area contributed by atoms with Crippen molar-refractivity contribution in [1.82, 2.24) is 0 Å². The molecule has 4 N–H and O–H groups in total. The molecule has 4 heteroatoms. The second kappa shape index (κ2) is 5.05. The molecule has 0 amide bonds. The fraction of sp³-hybridized carbons (Fsp3) is 0.182. The number of anilines is 1. The molecule has 0 bridgehead atoms. The van der Waals surface area contributed by atoms with Crippen LogP contribution in [0.3, 0.4) is 0 Å². The van der Waals surface area contributed by atoms with Gasteiger partial charge in [-0.1, -0.05) is 12.1 Å². The molecule has 0 aliphatic carbocycles. The van der Waals surface area contributed by atoms with Gasteiger partial charge in [-0.25, -0.2) is 4.79 Å². The van der Waals surface area contributed by atoms with Crippen LogP contribution in [-0.4, -0.2) is 12.6 Å². The summed E-state index contributed by atoms with van der Waals surface area (Å²) in [5.74, 6) is -0.514. The van der Waals surface area contributed by atoms with Crippen LogP contribution in [0, 0.1) is 0 Å². The van der Waals surface area contributed by atoms with Gasteiger partial charge in [0.05, 0.1) is 6.61 Å². The van der Waals surface area contributed by atoms with E-state index in [0.29, 0.717) is 12.3 Å². The quantitative estimate of drug-likeness (QED) is 0.441. The second-order valence-corrected chi connectivity index (χ2v) is 2.99. The molecule has 0 aliphatic heterocycles. The molecule has 0 saturated heterocycles. The minimum Gasteiger partial charge on any atom is -0.461 e. The van der Waals surface area contributed by atoms with E-state index in [1.807, 2.05) is 6.07 Å². The van der Waals surface area contributed by atoms with Crippen molar-refractivity contribution >= 4 is 17.7 Å². The van der Waals surface area contributed by atoms with Gasteiger partial charge >= 0.3 is 5.97 Å². The highest BCUT2D eigenvalue weighted by Crippen LogP contribution is 2.09. The zero-order chi connectivity index (χ0) is 11.3. The summed E-state index contributed by atoms with van der Waals surface area (Å²) in [5, 5.41) is 0. The first-order chi connectivity index (χ1) is 7.13. The Morgan fingerprint density at radius 1 is 1.53 bits per heavy atom. The average molecular weight is 206 g/mol. The lowest BCUT2D eigenvalue weighted by Gasteiger charge is -2.01. The van der Waals surface area contributed by atoms with Crippen LogP contribution in [-0.2, 0) is 9.53 Å². The number of carbonyl (C=O) groups excluding carboxylic acids is 1. The predicted molar refractivity (Wildman–Crippen MR) is 59.7 cm³/mol. The van der Waals surface area contributed by atoms with E-state index in [2.05, 4.69) is 0 Å². The van der Waals surface area contributed by atoms with Crippen molar-refractivity contribution in [1.29, 1.82) is 0 Å². The lowest BCUT2D eigenvalue weighted by molar-refractivity contribution is -0.138. The lowest BCUT2D eigenvalue weighted by atomic mass is 10.2. The molecule has 0 heterocycles. The first kappa shape index (κ1) is 11.1. The highest BCUT2D eigenvalue weighted by molar-refractivity contribution is 5.92. The van der Waals surface area contributed by atoms with Crippen molar-refractivity contribution in [3.63, 3.8) is 0 Å². The maximum Gasteiger partial charge on any atom is 0.354 e. The van der Waals surface area contributed by atoms with Gasteiger partial charge in [0.15, 0.2) is 0 Å². The van der Waals surface area contributed by atoms with Gasteiger partial charge in [-0.3, -0.25) is 0 Å². The van der Waals surface area contributed by atoms with E-state index in [0.717, 1.165) is 5.56 Å². The Balaban J connectivity index is 2.82. The Hall–Kier alpha value is -1.97. The van der Waals surface area contributed by atoms with Crippen LogP contribution in [0.1, 0.15) is 12.5 Å². The summed E-state index contributed by atoms with van der Waals surface area (Å²) in [7, 11) is 0. The molecule has 1 aromatic rings. The summed E-state index contributed by atoms with van der Waals surface area (Å²) in [5.41, 5.74) is 12.6. The standard InChI is InChI=1S/C11H14N2O2/c1-2-15-11(14)10(13)7-8-4-3-5-9(12)6-8/h3-7H,2,12-13H2,1H3/b10-7-. The van der Waals surface area contributed by atoms with Crippen molar-refractivity contribution < 1.29 is 9.53 Å². The van der Waals surface area contributed by atoms with Gasteiger partial charge in [-0.2, -0.15) is 0 Å². The Labute approximate surface area is 88.5 Å². The maximum atomic E-state index is 11.2. The number of nitrogen functional groups attached to an aromatic ring is 1. The second-order valence-electron chi connectivity index (χ2n) is 2.99. The van der Waals surface area contributed by atoms with Gasteiger partial charge in [0.25, 0.3) is 0 Å². The number of ether oxygens (including phenoxy) is 1. The normalized spacial score (nSPS) is 11.1. The van der Waals surface area contributed by atoms with Crippen molar-refractivity contribution in [3.05, 3.63) is 35.5 Å². The van der Waals surface area contributed by atoms with E-state index in [1.165, 1.54) is 6.08 Å². The highest BCUT2D eigenvalue weighted by Gasteiger charge is 2.04. The van der Waals surface area contributed by atoms with Gasteiger partial charge in [0, 0.05) is 5.69 Å². The lowest BCUT2D eigenvalue weighted by Crippen LogP contribution is -2.14. The summed E-state index contributed by atoms with van der Waals surface area (Å²) < 4.78 is 4.74. The highest BCUT2D eigenvalue weighted by atomic mass is 16.5. The van der Waals surface area contributed by atoms with Crippen LogP contribution in [0.4, 0.5) is 5.69 Å². The van der Waals surface area contributed by atoms with Gasteiger partial charge < -0.3 is 16.2 Å². The molecule has 80 valence electrons. The van der Waals surface area contributed by atoms with Crippen molar-refractivity contribution in [2.24, 2.45) is 5.73 Å². The van der Waals surface area contributed by atoms with Crippen LogP contribution in [0.5, 0.6) is 0 Å². The topological polar surface area (TPSA) is 78.3 Å². The maximum absolute atomic E-state index is 11.2. The zero-order valence-electron chi connectivity index (χ0n) is 8.57. The molecule has 0 spiro atoms. The molecule has 1 aromatic carbocycles. The fourth-order valence-electron chi connectivity index (χ4n) is 1.10. The van der Waals surface area contributed by atoms with E-state index in [4.69, 9.17) is 16.2 Å². The largest absolute Gasteiger partial charge is 0.461 e. The van der Waals surface area contributed by atoms with Crippen LogP contribution in [0.15, 0.2) is 30.0 Å². The summed E-state index contributed by atoms with van der Waals surface area (Å²) in [6.07, 6.45) is 1.54. The number of rotatable bonds is 3. The third-order valence-corrected chi connectivity index (χ3v) is 1.74. The van der Waals surface area contributed by atoms with Crippen LogP contribution in [0.2, 0.25) is 0 Å². The number of esters is 1. The number of hydrogen-bond acceptors (Lipinski definition) is 4. The predicted octanol–water partition coefficient (Wildman–Crippen LogP) is 1.13. The monoisotopic (exact) mass is 206 g/mol. The Bertz CT molecular complexity index is 386. The van der Waals surface area contributed by atoms with Crippen molar-refractivity contribution in [2.45, 2.75) is 6.92 Å². The summed E-state index contributed by atoms with van der Waals surface area (Å²) in [6, 6.07) is 7.09. The molecule has 1 rings (SSSR count). The Morgan fingerprint density at radius 3 is 2.87 bits per heavy atom. The molecule has 0 aromatic heterocycles. The minimum atomic E-state index is -0.514. The van der Waals surface area contributed by atoms with E-state index in [1.54, 1.807) is 25.1 Å². The first-order valence-electron chi connectivity index (χ1n) is 4.63. The molecule has 0 fully saturated rings. The van der Waals surface area contributed by atoms with E-state index >= 15 is 0 Å². The average Bonchev–Trinajstić information content (AvgIpc) is 2.18. The molecular weight excluding hydrogens is 192 g/mol. The fourth-order valence-corrected chi connectivity index (χ4v) is 1.10. The van der Waals surface area contributed by atoms with Crippen LogP contribution >= 0.6 is 0 Å². The van der Waals surface area contributed by atoms with Gasteiger partial charge in [-0.05, 0) is 30.7 Å². The van der Waals surface area contributed by atoms with E-state index in [9.17, 15) is 4.79 Å². The number of benzene rings is 1. The van der Waals surface area contributed by atoms with Gasteiger partial charge in [0.1, 0.15) is 5.70 Å². The molecule has 4 nitrogen and oxygen atoms in total. The van der Waals surface area contributed by atoms with E-state index in [-0.39, 0.29) is 5.70 Å². The Kier molecular flexibility index (Phi) is 3.74. The third kappa shape index (κ3) is 3.34. The summed E-state index contributed by atoms with van der Waals surface area (Å²) in [6.45, 7) is 2.04. The number of hydrogen-bond donors (Lipinski definition) is 2. The van der Waals surface area contributed by atoms with Crippen LogP contribution < -0.4 is 11.5 Å². The smallest absolute Gasteiger partial charge is 0.354 e. The SMILES string of the molecule is CCOC(=O)/C(N)=C/c1cccc(N)c1. The third-order valence-electron chi connectivity index (χ3n) is 1.74. The van der Waals surface area contributed by atoms with Gasteiger partial charge in [0.2, 0.25) is 0 Å². The molecule has 0 unspecified atom stereocenters. The summed E-state index contributed by atoms with van der Waals surface area (Å²) in [4.78, 5) is 11.2. The molecule has 15 heavy (non-hydrogen) atoms. The van der Waals surface area contributed by atoms with Gasteiger partial charge in [-0.15, -0.1) is 0 Å². The minimum absolute atomic E-state index is 0.0717. The Morgan fingerprint density at radius 2 is 2.27 bits per heavy atom. The molecular formula is C11H14N2O2. The van der Waals surface area contributed by atoms with Crippen LogP contribution in [0.25, 0.3) is 6.08 Å². The number of carbonyl (C=O) groups is 1.